The molecule has 1 saturated carbocycles. The van der Waals surface area contributed by atoms with Gasteiger partial charge in [0.05, 0.1) is 11.3 Å². The van der Waals surface area contributed by atoms with Crippen LogP contribution in [-0.2, 0) is 15.0 Å². The van der Waals surface area contributed by atoms with Crippen LogP contribution in [0.1, 0.15) is 12.0 Å². The van der Waals surface area contributed by atoms with Crippen molar-refractivity contribution >= 4 is 17.5 Å². The molecule has 1 saturated heterocycles. The molecule has 1 aromatic rings. The standard InChI is InChI=1S/C11H10N2O2/c12-7-3-1-6(2-4-7)11-5-8(11)9(14)13-10(11)15/h1-4,8H,5,12H2,(H,13,14,15)/t8-,11+/m0/s1. The van der Waals surface area contributed by atoms with Crippen molar-refractivity contribution < 1.29 is 9.59 Å². The van der Waals surface area contributed by atoms with Crippen LogP contribution < -0.4 is 11.1 Å². The van der Waals surface area contributed by atoms with E-state index in [0.29, 0.717) is 12.1 Å². The van der Waals surface area contributed by atoms with Crippen LogP contribution >= 0.6 is 0 Å². The molecular formula is C11H10N2O2. The minimum absolute atomic E-state index is 0.142. The van der Waals surface area contributed by atoms with Crippen LogP contribution in [0.25, 0.3) is 0 Å². The number of rotatable bonds is 1. The lowest BCUT2D eigenvalue weighted by Gasteiger charge is -2.09. The summed E-state index contributed by atoms with van der Waals surface area (Å²) in [6.07, 6.45) is 0.640. The summed E-state index contributed by atoms with van der Waals surface area (Å²) in [6.45, 7) is 0. The van der Waals surface area contributed by atoms with Gasteiger partial charge in [-0.2, -0.15) is 0 Å². The zero-order valence-electron chi connectivity index (χ0n) is 7.99. The number of imide groups is 1. The van der Waals surface area contributed by atoms with Gasteiger partial charge in [-0.3, -0.25) is 14.9 Å². The van der Waals surface area contributed by atoms with Gasteiger partial charge >= 0.3 is 0 Å². The highest BCUT2D eigenvalue weighted by atomic mass is 16.2. The van der Waals surface area contributed by atoms with E-state index >= 15 is 0 Å². The Morgan fingerprint density at radius 1 is 1.27 bits per heavy atom. The molecular weight excluding hydrogens is 192 g/mol. The maximum absolute atomic E-state index is 11.7. The Labute approximate surface area is 86.5 Å². The monoisotopic (exact) mass is 202 g/mol. The second kappa shape index (κ2) is 2.39. The van der Waals surface area contributed by atoms with E-state index in [1.54, 1.807) is 12.1 Å². The summed E-state index contributed by atoms with van der Waals surface area (Å²) in [5.41, 5.74) is 6.56. The first-order valence-electron chi connectivity index (χ1n) is 4.86. The van der Waals surface area contributed by atoms with Crippen molar-refractivity contribution in [1.82, 2.24) is 5.32 Å². The Hall–Kier alpha value is -1.84. The zero-order chi connectivity index (χ0) is 10.6. The number of carbonyl (C=O) groups is 2. The van der Waals surface area contributed by atoms with Crippen LogP contribution in [0.4, 0.5) is 5.69 Å². The molecule has 1 aliphatic heterocycles. The van der Waals surface area contributed by atoms with Crippen LogP contribution in [0.5, 0.6) is 0 Å². The topological polar surface area (TPSA) is 72.2 Å². The highest BCUT2D eigenvalue weighted by Gasteiger charge is 2.69. The molecule has 4 nitrogen and oxygen atoms in total. The van der Waals surface area contributed by atoms with Gasteiger partial charge in [0.25, 0.3) is 0 Å². The highest BCUT2D eigenvalue weighted by Crippen LogP contribution is 2.57. The number of benzene rings is 1. The summed E-state index contributed by atoms with van der Waals surface area (Å²) >= 11 is 0. The molecule has 76 valence electrons. The number of nitrogens with one attached hydrogen (secondary N) is 1. The van der Waals surface area contributed by atoms with Gasteiger partial charge in [0, 0.05) is 5.69 Å². The molecule has 0 radical (unpaired) electrons. The summed E-state index contributed by atoms with van der Waals surface area (Å²) in [5.74, 6) is -0.465. The quantitative estimate of drug-likeness (QED) is 0.504. The molecule has 1 aliphatic carbocycles. The number of carbonyl (C=O) groups excluding carboxylic acids is 2. The van der Waals surface area contributed by atoms with Crippen molar-refractivity contribution in [1.29, 1.82) is 0 Å². The molecule has 2 amide bonds. The lowest BCUT2D eigenvalue weighted by Crippen LogP contribution is -2.30. The van der Waals surface area contributed by atoms with Gasteiger partial charge in [-0.1, -0.05) is 12.1 Å². The fourth-order valence-corrected chi connectivity index (χ4v) is 2.37. The lowest BCUT2D eigenvalue weighted by atomic mass is 9.94. The smallest absolute Gasteiger partial charge is 0.238 e. The zero-order valence-corrected chi connectivity index (χ0v) is 7.99. The number of piperidine rings is 1. The largest absolute Gasteiger partial charge is 0.399 e. The minimum atomic E-state index is -0.579. The van der Waals surface area contributed by atoms with Gasteiger partial charge in [0.2, 0.25) is 11.8 Å². The summed E-state index contributed by atoms with van der Waals surface area (Å²) in [4.78, 5) is 23.0. The first kappa shape index (κ1) is 8.47. The third-order valence-electron chi connectivity index (χ3n) is 3.35. The van der Waals surface area contributed by atoms with Crippen molar-refractivity contribution in [2.75, 3.05) is 5.73 Å². The first-order chi connectivity index (χ1) is 7.14. The van der Waals surface area contributed by atoms with E-state index < -0.39 is 5.41 Å². The lowest BCUT2D eigenvalue weighted by molar-refractivity contribution is -0.127. The van der Waals surface area contributed by atoms with Crippen LogP contribution in [0, 0.1) is 5.92 Å². The first-order valence-corrected chi connectivity index (χ1v) is 4.86. The molecule has 1 heterocycles. The molecule has 0 spiro atoms. The molecule has 4 heteroatoms. The van der Waals surface area contributed by atoms with Crippen molar-refractivity contribution in [3.63, 3.8) is 0 Å². The summed E-state index contributed by atoms with van der Waals surface area (Å²) in [7, 11) is 0. The van der Waals surface area contributed by atoms with E-state index in [9.17, 15) is 9.59 Å². The molecule has 0 aromatic heterocycles. The second-order valence-electron chi connectivity index (χ2n) is 4.17. The molecule has 2 atom stereocenters. The molecule has 2 aliphatic rings. The molecule has 2 fully saturated rings. The van der Waals surface area contributed by atoms with E-state index in [-0.39, 0.29) is 17.7 Å². The third-order valence-corrected chi connectivity index (χ3v) is 3.35. The number of anilines is 1. The predicted molar refractivity (Wildman–Crippen MR) is 53.8 cm³/mol. The normalized spacial score (nSPS) is 32.4. The minimum Gasteiger partial charge on any atom is -0.399 e. The fraction of sp³-hybridized carbons (Fsp3) is 0.273. The maximum atomic E-state index is 11.7. The van der Waals surface area contributed by atoms with Gasteiger partial charge in [-0.15, -0.1) is 0 Å². The van der Waals surface area contributed by atoms with Gasteiger partial charge in [0.1, 0.15) is 0 Å². The van der Waals surface area contributed by atoms with Crippen LogP contribution in [0.2, 0.25) is 0 Å². The van der Waals surface area contributed by atoms with E-state index in [2.05, 4.69) is 5.32 Å². The van der Waals surface area contributed by atoms with Crippen LogP contribution in [0.15, 0.2) is 24.3 Å². The van der Waals surface area contributed by atoms with E-state index in [4.69, 9.17) is 5.73 Å². The van der Waals surface area contributed by atoms with E-state index in [1.807, 2.05) is 12.1 Å². The maximum Gasteiger partial charge on any atom is 0.238 e. The summed E-state index contributed by atoms with van der Waals surface area (Å²) < 4.78 is 0. The van der Waals surface area contributed by atoms with Crippen molar-refractivity contribution in [3.8, 4) is 0 Å². The molecule has 3 N–H and O–H groups in total. The summed E-state index contributed by atoms with van der Waals surface area (Å²) in [6, 6.07) is 7.17. The average Bonchev–Trinajstić information content (AvgIpc) is 2.90. The Kier molecular flexibility index (Phi) is 1.35. The number of nitrogen functional groups attached to an aromatic ring is 1. The predicted octanol–water partition coefficient (Wildman–Crippen LogP) is 0.183. The number of amides is 2. The number of hydrogen-bond donors (Lipinski definition) is 2. The molecule has 15 heavy (non-hydrogen) atoms. The van der Waals surface area contributed by atoms with Crippen molar-refractivity contribution in [2.45, 2.75) is 11.8 Å². The van der Waals surface area contributed by atoms with Gasteiger partial charge in [0.15, 0.2) is 0 Å². The van der Waals surface area contributed by atoms with Gasteiger partial charge in [-0.05, 0) is 24.1 Å². The van der Waals surface area contributed by atoms with Gasteiger partial charge in [-0.25, -0.2) is 0 Å². The Bertz CT molecular complexity index is 466. The molecule has 0 unspecified atom stereocenters. The molecule has 0 bridgehead atoms. The Morgan fingerprint density at radius 3 is 2.40 bits per heavy atom. The number of nitrogens with two attached hydrogens (primary N) is 1. The van der Waals surface area contributed by atoms with Gasteiger partial charge < -0.3 is 5.73 Å². The number of hydrogen-bond acceptors (Lipinski definition) is 3. The third kappa shape index (κ3) is 0.909. The van der Waals surface area contributed by atoms with Crippen molar-refractivity contribution in [2.24, 2.45) is 5.92 Å². The fourth-order valence-electron chi connectivity index (χ4n) is 2.37. The van der Waals surface area contributed by atoms with Crippen LogP contribution in [0.3, 0.4) is 0 Å². The van der Waals surface area contributed by atoms with E-state index in [0.717, 1.165) is 5.56 Å². The Balaban J connectivity index is 2.06. The summed E-state index contributed by atoms with van der Waals surface area (Å²) in [5, 5.41) is 2.36. The highest BCUT2D eigenvalue weighted by molar-refractivity contribution is 6.15. The molecule has 3 rings (SSSR count). The molecule has 1 aromatic carbocycles. The average molecular weight is 202 g/mol. The van der Waals surface area contributed by atoms with E-state index in [1.165, 1.54) is 0 Å². The van der Waals surface area contributed by atoms with Crippen molar-refractivity contribution in [3.05, 3.63) is 29.8 Å². The van der Waals surface area contributed by atoms with Crippen LogP contribution in [-0.4, -0.2) is 11.8 Å². The Morgan fingerprint density at radius 2 is 1.93 bits per heavy atom. The second-order valence-corrected chi connectivity index (χ2v) is 4.17. The SMILES string of the molecule is Nc1ccc([C@]23C[C@H]2C(=O)NC3=O)cc1. The number of fused-ring (bicyclic) bond motifs is 1.